The summed E-state index contributed by atoms with van der Waals surface area (Å²) in [4.78, 5) is 31.2. The molecule has 3 rings (SSSR count). The first-order chi connectivity index (χ1) is 14.0. The molecule has 0 radical (unpaired) electrons. The highest BCUT2D eigenvalue weighted by Gasteiger charge is 2.27. The Morgan fingerprint density at radius 2 is 1.79 bits per heavy atom. The third-order valence-corrected chi connectivity index (χ3v) is 6.09. The van der Waals surface area contributed by atoms with E-state index in [4.69, 9.17) is 4.74 Å². The molecule has 1 atom stereocenters. The van der Waals surface area contributed by atoms with Crippen molar-refractivity contribution in [2.45, 2.75) is 52.0 Å². The monoisotopic (exact) mass is 401 g/mol. The number of para-hydroxylation sites is 1. The molecule has 2 aliphatic rings. The van der Waals surface area contributed by atoms with E-state index in [-0.39, 0.29) is 11.8 Å². The quantitative estimate of drug-likeness (QED) is 0.659. The standard InChI is InChI=1S/C23H35N3O3/c1-19-8-3-4-10-21(19)29-17-7-11-22(27)25-15-13-24(14-16-25)18-23(28)26-12-6-5-9-20(26)2/h3-4,8,10,20H,5-7,9,11-18H2,1-2H3. The maximum Gasteiger partial charge on any atom is 0.236 e. The van der Waals surface area contributed by atoms with Gasteiger partial charge in [0.25, 0.3) is 0 Å². The van der Waals surface area contributed by atoms with Crippen molar-refractivity contribution in [3.63, 3.8) is 0 Å². The Balaban J connectivity index is 1.33. The number of piperazine rings is 1. The Morgan fingerprint density at radius 3 is 2.52 bits per heavy atom. The van der Waals surface area contributed by atoms with Crippen LogP contribution in [-0.4, -0.2) is 78.4 Å². The fourth-order valence-electron chi connectivity index (χ4n) is 4.19. The Bertz CT molecular complexity index is 686. The van der Waals surface area contributed by atoms with Gasteiger partial charge >= 0.3 is 0 Å². The zero-order valence-corrected chi connectivity index (χ0v) is 17.9. The van der Waals surface area contributed by atoms with Gasteiger partial charge in [-0.3, -0.25) is 14.5 Å². The van der Waals surface area contributed by atoms with E-state index < -0.39 is 0 Å². The van der Waals surface area contributed by atoms with Crippen LogP contribution in [0, 0.1) is 6.92 Å². The molecule has 2 saturated heterocycles. The first kappa shape index (κ1) is 21.6. The number of hydrogen-bond donors (Lipinski definition) is 0. The van der Waals surface area contributed by atoms with Crippen molar-refractivity contribution in [3.8, 4) is 5.75 Å². The Kier molecular flexibility index (Phi) is 7.92. The van der Waals surface area contributed by atoms with Crippen LogP contribution in [0.4, 0.5) is 0 Å². The van der Waals surface area contributed by atoms with Crippen LogP contribution in [0.25, 0.3) is 0 Å². The molecule has 0 bridgehead atoms. The summed E-state index contributed by atoms with van der Waals surface area (Å²) < 4.78 is 5.78. The lowest BCUT2D eigenvalue weighted by molar-refractivity contribution is -0.137. The molecule has 2 amide bonds. The number of nitrogens with zero attached hydrogens (tertiary/aromatic N) is 3. The highest BCUT2D eigenvalue weighted by molar-refractivity contribution is 5.79. The Labute approximate surface area is 174 Å². The lowest BCUT2D eigenvalue weighted by atomic mass is 10.0. The van der Waals surface area contributed by atoms with Gasteiger partial charge in [-0.1, -0.05) is 18.2 Å². The third-order valence-electron chi connectivity index (χ3n) is 6.09. The molecule has 0 saturated carbocycles. The van der Waals surface area contributed by atoms with E-state index in [1.165, 1.54) is 6.42 Å². The normalized spacial score (nSPS) is 20.6. The molecule has 1 unspecified atom stereocenters. The van der Waals surface area contributed by atoms with Gasteiger partial charge in [0.1, 0.15) is 5.75 Å². The molecular formula is C23H35N3O3. The Morgan fingerprint density at radius 1 is 1.03 bits per heavy atom. The fraction of sp³-hybridized carbons (Fsp3) is 0.652. The summed E-state index contributed by atoms with van der Waals surface area (Å²) in [5.41, 5.74) is 1.11. The van der Waals surface area contributed by atoms with Crippen molar-refractivity contribution in [1.82, 2.24) is 14.7 Å². The zero-order valence-electron chi connectivity index (χ0n) is 17.9. The maximum absolute atomic E-state index is 12.6. The molecule has 0 N–H and O–H groups in total. The molecule has 1 aromatic carbocycles. The van der Waals surface area contributed by atoms with Crippen molar-refractivity contribution in [1.29, 1.82) is 0 Å². The van der Waals surface area contributed by atoms with Crippen molar-refractivity contribution in [3.05, 3.63) is 29.8 Å². The van der Waals surface area contributed by atoms with E-state index >= 15 is 0 Å². The lowest BCUT2D eigenvalue weighted by Gasteiger charge is -2.38. The van der Waals surface area contributed by atoms with Crippen molar-refractivity contribution in [2.24, 2.45) is 0 Å². The SMILES string of the molecule is Cc1ccccc1OCCCC(=O)N1CCN(CC(=O)N2CCCCC2C)CC1. The van der Waals surface area contributed by atoms with Crippen molar-refractivity contribution >= 4 is 11.8 Å². The number of benzene rings is 1. The van der Waals surface area contributed by atoms with E-state index in [0.717, 1.165) is 50.2 Å². The summed E-state index contributed by atoms with van der Waals surface area (Å²) in [5, 5.41) is 0. The number of likely N-dealkylation sites (tertiary alicyclic amines) is 1. The number of ether oxygens (including phenoxy) is 1. The van der Waals surface area contributed by atoms with Crippen molar-refractivity contribution in [2.75, 3.05) is 45.9 Å². The topological polar surface area (TPSA) is 53.1 Å². The zero-order chi connectivity index (χ0) is 20.6. The molecule has 160 valence electrons. The summed E-state index contributed by atoms with van der Waals surface area (Å²) >= 11 is 0. The largest absolute Gasteiger partial charge is 0.493 e. The van der Waals surface area contributed by atoms with Gasteiger partial charge < -0.3 is 14.5 Å². The van der Waals surface area contributed by atoms with Gasteiger partial charge in [0.2, 0.25) is 11.8 Å². The number of hydrogen-bond acceptors (Lipinski definition) is 4. The van der Waals surface area contributed by atoms with Gasteiger partial charge in [-0.25, -0.2) is 0 Å². The number of aryl methyl sites for hydroxylation is 1. The second-order valence-corrected chi connectivity index (χ2v) is 8.31. The van der Waals surface area contributed by atoms with Crippen LogP contribution < -0.4 is 4.74 Å². The van der Waals surface area contributed by atoms with E-state index in [1.54, 1.807) is 0 Å². The molecule has 29 heavy (non-hydrogen) atoms. The minimum Gasteiger partial charge on any atom is -0.493 e. The van der Waals surface area contributed by atoms with Crippen LogP contribution in [0.1, 0.15) is 44.6 Å². The van der Waals surface area contributed by atoms with Gasteiger partial charge in [0, 0.05) is 45.2 Å². The van der Waals surface area contributed by atoms with E-state index in [2.05, 4.69) is 11.8 Å². The van der Waals surface area contributed by atoms with Crippen molar-refractivity contribution < 1.29 is 14.3 Å². The van der Waals surface area contributed by atoms with Crippen LogP contribution in [0.5, 0.6) is 5.75 Å². The second kappa shape index (κ2) is 10.6. The molecule has 2 fully saturated rings. The predicted molar refractivity (Wildman–Crippen MR) is 114 cm³/mol. The van der Waals surface area contributed by atoms with Gasteiger partial charge in [-0.15, -0.1) is 0 Å². The van der Waals surface area contributed by atoms with Gasteiger partial charge in [-0.2, -0.15) is 0 Å². The minimum absolute atomic E-state index is 0.189. The number of piperidine rings is 1. The van der Waals surface area contributed by atoms with E-state index in [0.29, 0.717) is 38.7 Å². The maximum atomic E-state index is 12.6. The summed E-state index contributed by atoms with van der Waals surface area (Å²) in [6.45, 7) is 9.07. The third kappa shape index (κ3) is 6.20. The molecular weight excluding hydrogens is 366 g/mol. The second-order valence-electron chi connectivity index (χ2n) is 8.31. The molecule has 6 nitrogen and oxygen atoms in total. The van der Waals surface area contributed by atoms with Crippen LogP contribution in [0.3, 0.4) is 0 Å². The summed E-state index contributed by atoms with van der Waals surface area (Å²) in [6.07, 6.45) is 4.68. The van der Waals surface area contributed by atoms with Gasteiger partial charge in [-0.05, 0) is 51.2 Å². The summed E-state index contributed by atoms with van der Waals surface area (Å²) in [5.74, 6) is 1.32. The Hall–Kier alpha value is -2.08. The number of rotatable bonds is 7. The molecule has 2 heterocycles. The molecule has 0 aliphatic carbocycles. The smallest absolute Gasteiger partial charge is 0.236 e. The lowest BCUT2D eigenvalue weighted by Crippen LogP contribution is -2.53. The van der Waals surface area contributed by atoms with Crippen LogP contribution in [-0.2, 0) is 9.59 Å². The van der Waals surface area contributed by atoms with Crippen LogP contribution in [0.15, 0.2) is 24.3 Å². The van der Waals surface area contributed by atoms with Crippen LogP contribution in [0.2, 0.25) is 0 Å². The molecule has 6 heteroatoms. The molecule has 0 spiro atoms. The van der Waals surface area contributed by atoms with E-state index in [9.17, 15) is 9.59 Å². The molecule has 1 aromatic rings. The summed E-state index contributed by atoms with van der Waals surface area (Å²) in [7, 11) is 0. The minimum atomic E-state index is 0.189. The predicted octanol–water partition coefficient (Wildman–Crippen LogP) is 2.70. The fourth-order valence-corrected chi connectivity index (χ4v) is 4.19. The number of amides is 2. The highest BCUT2D eigenvalue weighted by atomic mass is 16.5. The highest BCUT2D eigenvalue weighted by Crippen LogP contribution is 2.18. The molecule has 2 aliphatic heterocycles. The average molecular weight is 402 g/mol. The average Bonchev–Trinajstić information content (AvgIpc) is 2.73. The molecule has 0 aromatic heterocycles. The van der Waals surface area contributed by atoms with E-state index in [1.807, 2.05) is 41.0 Å². The number of carbonyl (C=O) groups is 2. The first-order valence-corrected chi connectivity index (χ1v) is 11.0. The number of carbonyl (C=O) groups excluding carboxylic acids is 2. The first-order valence-electron chi connectivity index (χ1n) is 11.0. The van der Waals surface area contributed by atoms with Crippen LogP contribution >= 0.6 is 0 Å². The summed E-state index contributed by atoms with van der Waals surface area (Å²) in [6, 6.07) is 8.30. The van der Waals surface area contributed by atoms with Gasteiger partial charge in [0.05, 0.1) is 13.2 Å². The van der Waals surface area contributed by atoms with Gasteiger partial charge in [0.15, 0.2) is 0 Å².